The first-order valence-electron chi connectivity index (χ1n) is 6.58. The Labute approximate surface area is 118 Å². The summed E-state index contributed by atoms with van der Waals surface area (Å²) in [6.07, 6.45) is 3.25. The summed E-state index contributed by atoms with van der Waals surface area (Å²) in [5, 5.41) is 0. The summed E-state index contributed by atoms with van der Waals surface area (Å²) < 4.78 is 4.78. The molecule has 1 atom stereocenters. The number of hydrogen-bond donors (Lipinski definition) is 0. The van der Waals surface area contributed by atoms with Crippen LogP contribution in [0.15, 0.2) is 24.4 Å². The molecule has 4 nitrogen and oxygen atoms in total. The molecule has 2 heterocycles. The highest BCUT2D eigenvalue weighted by Crippen LogP contribution is 2.19. The van der Waals surface area contributed by atoms with E-state index in [9.17, 15) is 4.79 Å². The van der Waals surface area contributed by atoms with E-state index in [2.05, 4.69) is 9.88 Å². The molecule has 1 aromatic rings. The lowest BCUT2D eigenvalue weighted by Gasteiger charge is -2.34. The Morgan fingerprint density at radius 1 is 1.58 bits per heavy atom. The van der Waals surface area contributed by atoms with Gasteiger partial charge in [-0.05, 0) is 12.1 Å². The maximum Gasteiger partial charge on any atom is 0.307 e. The Balaban J connectivity index is 1.87. The van der Waals surface area contributed by atoms with E-state index in [1.165, 1.54) is 7.11 Å². The van der Waals surface area contributed by atoms with Crippen LogP contribution in [0.1, 0.15) is 12.1 Å². The van der Waals surface area contributed by atoms with Gasteiger partial charge in [-0.2, -0.15) is 11.8 Å². The monoisotopic (exact) mass is 280 g/mol. The summed E-state index contributed by atoms with van der Waals surface area (Å²) in [5.74, 6) is 2.03. The Morgan fingerprint density at radius 2 is 2.47 bits per heavy atom. The average molecular weight is 280 g/mol. The van der Waals surface area contributed by atoms with Crippen molar-refractivity contribution in [3.8, 4) is 0 Å². The molecule has 1 aromatic heterocycles. The second kappa shape index (κ2) is 7.50. The number of aromatic nitrogens is 1. The lowest BCUT2D eigenvalue weighted by Crippen LogP contribution is -2.44. The van der Waals surface area contributed by atoms with Crippen molar-refractivity contribution in [1.29, 1.82) is 0 Å². The number of thioether (sulfide) groups is 1. The normalized spacial score (nSPS) is 20.2. The van der Waals surface area contributed by atoms with Crippen molar-refractivity contribution in [2.75, 3.05) is 31.7 Å². The minimum absolute atomic E-state index is 0.115. The molecule has 5 heteroatoms. The number of hydrogen-bond acceptors (Lipinski definition) is 5. The van der Waals surface area contributed by atoms with Crippen LogP contribution in [-0.4, -0.2) is 53.6 Å². The molecular weight excluding hydrogens is 260 g/mol. The van der Waals surface area contributed by atoms with E-state index in [0.29, 0.717) is 12.5 Å². The standard InChI is InChI=1S/C14H20N2O2S/c1-18-14(17)10-13-11-19-9-8-16(13)7-5-12-4-2-3-6-15-12/h2-4,6,13H,5,7-11H2,1H3/t13-/m0/s1. The van der Waals surface area contributed by atoms with Gasteiger partial charge in [0, 0.05) is 48.9 Å². The van der Waals surface area contributed by atoms with Crippen LogP contribution in [0.2, 0.25) is 0 Å². The van der Waals surface area contributed by atoms with E-state index < -0.39 is 0 Å². The lowest BCUT2D eigenvalue weighted by atomic mass is 10.1. The predicted molar refractivity (Wildman–Crippen MR) is 77.3 cm³/mol. The zero-order valence-electron chi connectivity index (χ0n) is 11.2. The van der Waals surface area contributed by atoms with Gasteiger partial charge in [0.1, 0.15) is 0 Å². The molecule has 0 radical (unpaired) electrons. The van der Waals surface area contributed by atoms with Crippen LogP contribution in [0.3, 0.4) is 0 Å². The van der Waals surface area contributed by atoms with Gasteiger partial charge in [-0.3, -0.25) is 14.7 Å². The minimum Gasteiger partial charge on any atom is -0.469 e. The van der Waals surface area contributed by atoms with Crippen LogP contribution in [-0.2, 0) is 16.0 Å². The summed E-state index contributed by atoms with van der Waals surface area (Å²) in [4.78, 5) is 18.2. The molecule has 0 aliphatic carbocycles. The number of methoxy groups -OCH3 is 1. The van der Waals surface area contributed by atoms with E-state index in [1.807, 2.05) is 36.2 Å². The third-order valence-corrected chi connectivity index (χ3v) is 4.45. The van der Waals surface area contributed by atoms with E-state index in [1.54, 1.807) is 0 Å². The largest absolute Gasteiger partial charge is 0.469 e. The Bertz CT molecular complexity index is 400. The quantitative estimate of drug-likeness (QED) is 0.767. The lowest BCUT2D eigenvalue weighted by molar-refractivity contribution is -0.141. The fourth-order valence-electron chi connectivity index (χ4n) is 2.25. The van der Waals surface area contributed by atoms with Gasteiger partial charge in [0.05, 0.1) is 13.5 Å². The van der Waals surface area contributed by atoms with Gasteiger partial charge in [0.2, 0.25) is 0 Å². The molecule has 0 unspecified atom stereocenters. The summed E-state index contributed by atoms with van der Waals surface area (Å²) in [6, 6.07) is 6.30. The average Bonchev–Trinajstić information content (AvgIpc) is 2.47. The van der Waals surface area contributed by atoms with Gasteiger partial charge >= 0.3 is 5.97 Å². The summed E-state index contributed by atoms with van der Waals surface area (Å²) in [6.45, 7) is 2.00. The Morgan fingerprint density at radius 3 is 3.21 bits per heavy atom. The van der Waals surface area contributed by atoms with E-state index in [0.717, 1.165) is 36.7 Å². The molecule has 0 amide bonds. The van der Waals surface area contributed by atoms with Crippen molar-refractivity contribution in [2.45, 2.75) is 18.9 Å². The first-order valence-corrected chi connectivity index (χ1v) is 7.73. The molecule has 2 rings (SSSR count). The van der Waals surface area contributed by atoms with Crippen molar-refractivity contribution in [1.82, 2.24) is 9.88 Å². The zero-order chi connectivity index (χ0) is 13.5. The number of carbonyl (C=O) groups is 1. The second-order valence-corrected chi connectivity index (χ2v) is 5.77. The van der Waals surface area contributed by atoms with Crippen molar-refractivity contribution in [3.05, 3.63) is 30.1 Å². The van der Waals surface area contributed by atoms with Gasteiger partial charge in [-0.25, -0.2) is 0 Å². The van der Waals surface area contributed by atoms with Gasteiger partial charge in [0.25, 0.3) is 0 Å². The first-order chi connectivity index (χ1) is 9.29. The van der Waals surface area contributed by atoms with Crippen LogP contribution in [0.25, 0.3) is 0 Å². The van der Waals surface area contributed by atoms with Crippen LogP contribution >= 0.6 is 11.8 Å². The number of nitrogens with zero attached hydrogens (tertiary/aromatic N) is 2. The molecule has 19 heavy (non-hydrogen) atoms. The van der Waals surface area contributed by atoms with E-state index in [4.69, 9.17) is 4.74 Å². The molecular formula is C14H20N2O2S. The van der Waals surface area contributed by atoms with Crippen LogP contribution in [0.4, 0.5) is 0 Å². The van der Waals surface area contributed by atoms with E-state index >= 15 is 0 Å². The molecule has 0 spiro atoms. The molecule has 1 aliphatic heterocycles. The number of esters is 1. The molecule has 1 aliphatic rings. The zero-order valence-corrected chi connectivity index (χ0v) is 12.1. The SMILES string of the molecule is COC(=O)C[C@H]1CSCCN1CCc1ccccn1. The Kier molecular flexibility index (Phi) is 5.66. The van der Waals surface area contributed by atoms with Gasteiger partial charge < -0.3 is 4.74 Å². The maximum atomic E-state index is 11.4. The van der Waals surface area contributed by atoms with Crippen LogP contribution in [0.5, 0.6) is 0 Å². The number of rotatable bonds is 5. The fourth-order valence-corrected chi connectivity index (χ4v) is 3.38. The summed E-state index contributed by atoms with van der Waals surface area (Å²) >= 11 is 1.92. The van der Waals surface area contributed by atoms with Crippen molar-refractivity contribution in [3.63, 3.8) is 0 Å². The summed E-state index contributed by atoms with van der Waals surface area (Å²) in [7, 11) is 1.45. The molecule has 0 aromatic carbocycles. The van der Waals surface area contributed by atoms with Crippen LogP contribution < -0.4 is 0 Å². The smallest absolute Gasteiger partial charge is 0.307 e. The summed E-state index contributed by atoms with van der Waals surface area (Å²) in [5.41, 5.74) is 1.11. The number of pyridine rings is 1. The molecule has 0 saturated carbocycles. The highest BCUT2D eigenvalue weighted by Gasteiger charge is 2.25. The van der Waals surface area contributed by atoms with Crippen molar-refractivity contribution >= 4 is 17.7 Å². The van der Waals surface area contributed by atoms with E-state index in [-0.39, 0.29) is 5.97 Å². The maximum absolute atomic E-state index is 11.4. The van der Waals surface area contributed by atoms with Gasteiger partial charge in [-0.15, -0.1) is 0 Å². The number of ether oxygens (including phenoxy) is 1. The molecule has 0 N–H and O–H groups in total. The highest BCUT2D eigenvalue weighted by atomic mass is 32.2. The Hall–Kier alpha value is -1.07. The highest BCUT2D eigenvalue weighted by molar-refractivity contribution is 7.99. The first kappa shape index (κ1) is 14.3. The molecule has 0 bridgehead atoms. The number of carbonyl (C=O) groups excluding carboxylic acids is 1. The molecule has 1 fully saturated rings. The fraction of sp³-hybridized carbons (Fsp3) is 0.571. The molecule has 104 valence electrons. The third kappa shape index (κ3) is 4.51. The minimum atomic E-state index is -0.115. The second-order valence-electron chi connectivity index (χ2n) is 4.62. The van der Waals surface area contributed by atoms with Crippen LogP contribution in [0, 0.1) is 0 Å². The third-order valence-electron chi connectivity index (χ3n) is 3.36. The predicted octanol–water partition coefficient (Wildman–Crippen LogP) is 1.60. The van der Waals surface area contributed by atoms with Gasteiger partial charge in [0.15, 0.2) is 0 Å². The van der Waals surface area contributed by atoms with Gasteiger partial charge in [-0.1, -0.05) is 6.07 Å². The topological polar surface area (TPSA) is 42.4 Å². The van der Waals surface area contributed by atoms with Crippen molar-refractivity contribution < 1.29 is 9.53 Å². The van der Waals surface area contributed by atoms with Crippen molar-refractivity contribution in [2.24, 2.45) is 0 Å². The molecule has 1 saturated heterocycles.